The van der Waals surface area contributed by atoms with Crippen molar-refractivity contribution in [3.63, 3.8) is 0 Å². The maximum atomic E-state index is 12.9. The molecule has 0 aromatic heterocycles. The molecule has 0 radical (unpaired) electrons. The van der Waals surface area contributed by atoms with Crippen LogP contribution in [0.2, 0.25) is 0 Å². The highest BCUT2D eigenvalue weighted by molar-refractivity contribution is 14.0. The number of rotatable bonds is 6. The van der Waals surface area contributed by atoms with E-state index in [1.54, 1.807) is 0 Å². The number of hydrogen-bond acceptors (Lipinski definition) is 4. The normalized spacial score (nSPS) is 22.5. The summed E-state index contributed by atoms with van der Waals surface area (Å²) in [4.78, 5) is 10.7. The van der Waals surface area contributed by atoms with Crippen molar-refractivity contribution in [3.05, 3.63) is 0 Å². The molecule has 0 amide bonds. The Morgan fingerprint density at radius 2 is 1.68 bits per heavy atom. The number of alkyl halides is 3. The zero-order chi connectivity index (χ0) is 19.9. The van der Waals surface area contributed by atoms with Crippen molar-refractivity contribution in [3.8, 4) is 0 Å². The summed E-state index contributed by atoms with van der Waals surface area (Å²) in [6.45, 7) is 13.3. The van der Waals surface area contributed by atoms with Gasteiger partial charge in [-0.3, -0.25) is 14.8 Å². The number of morpholine rings is 1. The summed E-state index contributed by atoms with van der Waals surface area (Å²) >= 11 is 0. The van der Waals surface area contributed by atoms with Crippen molar-refractivity contribution in [1.29, 1.82) is 0 Å². The summed E-state index contributed by atoms with van der Waals surface area (Å²) in [5.74, 6) is 1.23. The van der Waals surface area contributed by atoms with Gasteiger partial charge in [0.25, 0.3) is 0 Å². The Morgan fingerprint density at radius 3 is 2.21 bits per heavy atom. The lowest BCUT2D eigenvalue weighted by atomic mass is 10.1. The van der Waals surface area contributed by atoms with Gasteiger partial charge in [0.15, 0.2) is 5.96 Å². The molecule has 2 atom stereocenters. The average Bonchev–Trinajstić information content (AvgIpc) is 2.65. The van der Waals surface area contributed by atoms with Gasteiger partial charge in [0.2, 0.25) is 0 Å². The van der Waals surface area contributed by atoms with E-state index in [0.29, 0.717) is 38.6 Å². The highest BCUT2D eigenvalue weighted by Crippen LogP contribution is 2.25. The van der Waals surface area contributed by atoms with Crippen molar-refractivity contribution >= 4 is 29.9 Å². The third kappa shape index (κ3) is 8.19. The number of ether oxygens (including phenoxy) is 1. The molecular formula is C18H35F3IN5O. The van der Waals surface area contributed by atoms with E-state index in [0.717, 1.165) is 45.4 Å². The number of hydrogen-bond donors (Lipinski definition) is 1. The van der Waals surface area contributed by atoms with E-state index in [-0.39, 0.29) is 24.0 Å². The van der Waals surface area contributed by atoms with Crippen molar-refractivity contribution in [1.82, 2.24) is 20.0 Å². The van der Waals surface area contributed by atoms with Crippen LogP contribution in [0.15, 0.2) is 4.99 Å². The van der Waals surface area contributed by atoms with Gasteiger partial charge in [-0.05, 0) is 19.8 Å². The van der Waals surface area contributed by atoms with Crippen LogP contribution in [-0.4, -0.2) is 105 Å². The molecule has 0 aliphatic carbocycles. The summed E-state index contributed by atoms with van der Waals surface area (Å²) in [6.07, 6.45) is -4.17. The molecule has 2 saturated heterocycles. The van der Waals surface area contributed by atoms with E-state index in [9.17, 15) is 13.2 Å². The highest BCUT2D eigenvalue weighted by atomic mass is 127. The number of nitrogens with zero attached hydrogens (tertiary/aromatic N) is 4. The van der Waals surface area contributed by atoms with Gasteiger partial charge in [-0.15, -0.1) is 24.0 Å². The Morgan fingerprint density at radius 1 is 1.07 bits per heavy atom. The first-order chi connectivity index (χ1) is 12.8. The van der Waals surface area contributed by atoms with Gasteiger partial charge in [0.1, 0.15) is 6.04 Å². The van der Waals surface area contributed by atoms with E-state index in [1.807, 2.05) is 6.92 Å². The Labute approximate surface area is 183 Å². The minimum atomic E-state index is -4.17. The maximum absolute atomic E-state index is 12.9. The van der Waals surface area contributed by atoms with E-state index >= 15 is 0 Å². The fourth-order valence-electron chi connectivity index (χ4n) is 3.48. The summed E-state index contributed by atoms with van der Waals surface area (Å²) in [5, 5.41) is 3.29. The van der Waals surface area contributed by atoms with Gasteiger partial charge in [-0.2, -0.15) is 13.2 Å². The molecule has 0 aromatic carbocycles. The molecule has 0 bridgehead atoms. The molecule has 6 nitrogen and oxygen atoms in total. The molecule has 2 fully saturated rings. The van der Waals surface area contributed by atoms with Crippen LogP contribution in [0.1, 0.15) is 20.8 Å². The van der Waals surface area contributed by atoms with Gasteiger partial charge < -0.3 is 15.0 Å². The Balaban J connectivity index is 0.00000392. The highest BCUT2D eigenvalue weighted by Gasteiger charge is 2.41. The number of guanidine groups is 1. The molecule has 2 heterocycles. The predicted octanol–water partition coefficient (Wildman–Crippen LogP) is 2.11. The van der Waals surface area contributed by atoms with Crippen LogP contribution >= 0.6 is 24.0 Å². The van der Waals surface area contributed by atoms with Gasteiger partial charge in [-0.25, -0.2) is 0 Å². The monoisotopic (exact) mass is 521 g/mol. The van der Waals surface area contributed by atoms with Gasteiger partial charge in [-0.1, -0.05) is 6.92 Å². The molecular weight excluding hydrogens is 486 g/mol. The lowest BCUT2D eigenvalue weighted by Gasteiger charge is -2.39. The lowest BCUT2D eigenvalue weighted by Crippen LogP contribution is -2.56. The second-order valence-electron chi connectivity index (χ2n) is 7.45. The van der Waals surface area contributed by atoms with Gasteiger partial charge in [0, 0.05) is 58.9 Å². The van der Waals surface area contributed by atoms with Crippen LogP contribution in [0.3, 0.4) is 0 Å². The van der Waals surface area contributed by atoms with E-state index in [2.05, 4.69) is 22.0 Å². The standard InChI is InChI=1S/C18H34F3N5O.HI/c1-4-22-17(23-13-15(2)14-24-9-11-27-12-10-24)26-7-5-25(6-8-26)16(3)18(19,20)21;/h15-16H,4-14H2,1-3H3,(H,22,23);1H. The maximum Gasteiger partial charge on any atom is 0.403 e. The van der Waals surface area contributed by atoms with Crippen molar-refractivity contribution in [2.24, 2.45) is 10.9 Å². The molecule has 2 rings (SSSR count). The van der Waals surface area contributed by atoms with Gasteiger partial charge in [0.05, 0.1) is 13.2 Å². The summed E-state index contributed by atoms with van der Waals surface area (Å²) < 4.78 is 44.1. The lowest BCUT2D eigenvalue weighted by molar-refractivity contribution is -0.181. The third-order valence-corrected chi connectivity index (χ3v) is 5.20. The molecule has 0 spiro atoms. The molecule has 0 saturated carbocycles. The number of aliphatic imine (C=N–C) groups is 1. The van der Waals surface area contributed by atoms with E-state index in [4.69, 9.17) is 9.73 Å². The molecule has 2 aliphatic heterocycles. The summed E-state index contributed by atoms with van der Waals surface area (Å²) in [5.41, 5.74) is 0. The quantitative estimate of drug-likeness (QED) is 0.330. The second-order valence-corrected chi connectivity index (χ2v) is 7.45. The minimum absolute atomic E-state index is 0. The molecule has 10 heteroatoms. The molecule has 166 valence electrons. The Kier molecular flexibility index (Phi) is 11.4. The molecule has 2 aliphatic rings. The summed E-state index contributed by atoms with van der Waals surface area (Å²) in [6, 6.07) is -1.40. The van der Waals surface area contributed by atoms with Crippen LogP contribution in [0, 0.1) is 5.92 Å². The molecule has 2 unspecified atom stereocenters. The van der Waals surface area contributed by atoms with Crippen molar-refractivity contribution in [2.45, 2.75) is 33.0 Å². The predicted molar refractivity (Wildman–Crippen MR) is 116 cm³/mol. The Hall–Kier alpha value is -0.330. The van der Waals surface area contributed by atoms with Crippen molar-refractivity contribution in [2.75, 3.05) is 72.1 Å². The van der Waals surface area contributed by atoms with Crippen molar-refractivity contribution < 1.29 is 17.9 Å². The number of halogens is 4. The molecule has 28 heavy (non-hydrogen) atoms. The number of nitrogens with one attached hydrogen (secondary N) is 1. The fourth-order valence-corrected chi connectivity index (χ4v) is 3.48. The SMILES string of the molecule is CCNC(=NCC(C)CN1CCOCC1)N1CCN(C(C)C(F)(F)F)CC1.I. The average molecular weight is 521 g/mol. The largest absolute Gasteiger partial charge is 0.403 e. The first-order valence-electron chi connectivity index (χ1n) is 9.95. The third-order valence-electron chi connectivity index (χ3n) is 5.20. The van der Waals surface area contributed by atoms with E-state index < -0.39 is 12.2 Å². The molecule has 0 aromatic rings. The smallest absolute Gasteiger partial charge is 0.379 e. The van der Waals surface area contributed by atoms with Crippen LogP contribution in [0.25, 0.3) is 0 Å². The second kappa shape index (κ2) is 12.4. The molecule has 1 N–H and O–H groups in total. The van der Waals surface area contributed by atoms with Gasteiger partial charge >= 0.3 is 6.18 Å². The Bertz CT molecular complexity index is 467. The van der Waals surface area contributed by atoms with Crippen LogP contribution in [-0.2, 0) is 4.74 Å². The van der Waals surface area contributed by atoms with Crippen LogP contribution in [0.5, 0.6) is 0 Å². The van der Waals surface area contributed by atoms with Crippen LogP contribution in [0.4, 0.5) is 13.2 Å². The zero-order valence-corrected chi connectivity index (χ0v) is 19.5. The first kappa shape index (κ1) is 25.7. The fraction of sp³-hybridized carbons (Fsp3) is 0.944. The summed E-state index contributed by atoms with van der Waals surface area (Å²) in [7, 11) is 0. The first-order valence-corrected chi connectivity index (χ1v) is 9.95. The van der Waals surface area contributed by atoms with E-state index in [1.165, 1.54) is 11.8 Å². The minimum Gasteiger partial charge on any atom is -0.379 e. The topological polar surface area (TPSA) is 43.3 Å². The zero-order valence-electron chi connectivity index (χ0n) is 17.2. The van der Waals surface area contributed by atoms with Crippen LogP contribution < -0.4 is 5.32 Å². The number of piperazine rings is 1.